The number of rotatable bonds is 2. The van der Waals surface area contributed by atoms with Crippen molar-refractivity contribution in [1.29, 1.82) is 0 Å². The summed E-state index contributed by atoms with van der Waals surface area (Å²) in [4.78, 5) is 2.06. The molecule has 1 fully saturated rings. The van der Waals surface area contributed by atoms with E-state index < -0.39 is 0 Å². The van der Waals surface area contributed by atoms with Crippen LogP contribution >= 0.6 is 11.8 Å². The molecule has 0 spiro atoms. The van der Waals surface area contributed by atoms with Crippen molar-refractivity contribution in [2.24, 2.45) is 0 Å². The molecule has 1 heterocycles. The molecule has 4 heteroatoms. The lowest BCUT2D eigenvalue weighted by atomic mass is 10.2. The number of benzene rings is 1. The average molecular weight is 227 g/mol. The predicted molar refractivity (Wildman–Crippen MR) is 61.9 cm³/mol. The summed E-state index contributed by atoms with van der Waals surface area (Å²) in [6.07, 6.45) is 0. The van der Waals surface area contributed by atoms with E-state index in [4.69, 9.17) is 5.11 Å². The molecular weight excluding hydrogens is 213 g/mol. The van der Waals surface area contributed by atoms with Crippen LogP contribution in [0.2, 0.25) is 0 Å². The molecule has 1 aliphatic rings. The molecule has 1 N–H and O–H groups in total. The van der Waals surface area contributed by atoms with Crippen LogP contribution in [-0.4, -0.2) is 29.7 Å². The number of aliphatic hydroxyl groups is 1. The van der Waals surface area contributed by atoms with Gasteiger partial charge >= 0.3 is 0 Å². The van der Waals surface area contributed by atoms with Crippen LogP contribution in [0.15, 0.2) is 18.2 Å². The summed E-state index contributed by atoms with van der Waals surface area (Å²) in [6, 6.07) is 4.95. The normalized spacial score (nSPS) is 16.8. The van der Waals surface area contributed by atoms with Crippen LogP contribution in [-0.2, 0) is 6.61 Å². The Balaban J connectivity index is 2.19. The summed E-state index contributed by atoms with van der Waals surface area (Å²) >= 11 is 1.90. The van der Waals surface area contributed by atoms with Gasteiger partial charge in [0.05, 0.1) is 12.3 Å². The van der Waals surface area contributed by atoms with Gasteiger partial charge in [0.2, 0.25) is 0 Å². The zero-order chi connectivity index (χ0) is 10.7. The third-order valence-electron chi connectivity index (χ3n) is 2.55. The Morgan fingerprint density at radius 2 is 2.07 bits per heavy atom. The van der Waals surface area contributed by atoms with Gasteiger partial charge in [0.25, 0.3) is 0 Å². The molecule has 1 aromatic carbocycles. The van der Waals surface area contributed by atoms with Crippen LogP contribution in [0.3, 0.4) is 0 Å². The highest BCUT2D eigenvalue weighted by atomic mass is 32.2. The van der Waals surface area contributed by atoms with Gasteiger partial charge in [0.15, 0.2) is 0 Å². The van der Waals surface area contributed by atoms with Gasteiger partial charge in [-0.15, -0.1) is 0 Å². The van der Waals surface area contributed by atoms with Crippen LogP contribution in [0.1, 0.15) is 5.56 Å². The smallest absolute Gasteiger partial charge is 0.146 e. The highest BCUT2D eigenvalue weighted by Gasteiger charge is 2.14. The number of anilines is 1. The van der Waals surface area contributed by atoms with Crippen molar-refractivity contribution in [2.75, 3.05) is 29.5 Å². The zero-order valence-electron chi connectivity index (χ0n) is 8.45. The lowest BCUT2D eigenvalue weighted by Gasteiger charge is -2.28. The number of halogens is 1. The third kappa shape index (κ3) is 2.44. The quantitative estimate of drug-likeness (QED) is 0.834. The summed E-state index contributed by atoms with van der Waals surface area (Å²) in [5.41, 5.74) is 1.29. The molecular formula is C11H14FNOS. The van der Waals surface area contributed by atoms with E-state index in [9.17, 15) is 4.39 Å². The van der Waals surface area contributed by atoms with Crippen molar-refractivity contribution in [1.82, 2.24) is 0 Å². The van der Waals surface area contributed by atoms with E-state index in [1.54, 1.807) is 12.1 Å². The number of aliphatic hydroxyl groups excluding tert-OH is 1. The van der Waals surface area contributed by atoms with Crippen LogP contribution in [0.25, 0.3) is 0 Å². The molecule has 2 rings (SSSR count). The third-order valence-corrected chi connectivity index (χ3v) is 3.49. The van der Waals surface area contributed by atoms with Crippen LogP contribution in [0.4, 0.5) is 10.1 Å². The molecule has 1 aromatic rings. The molecule has 15 heavy (non-hydrogen) atoms. The Labute approximate surface area is 93.1 Å². The molecule has 0 unspecified atom stereocenters. The van der Waals surface area contributed by atoms with Gasteiger partial charge in [-0.2, -0.15) is 11.8 Å². The fourth-order valence-electron chi connectivity index (χ4n) is 1.71. The van der Waals surface area contributed by atoms with Crippen molar-refractivity contribution < 1.29 is 9.50 Å². The second-order valence-electron chi connectivity index (χ2n) is 3.54. The first kappa shape index (κ1) is 10.8. The first-order valence-corrected chi connectivity index (χ1v) is 6.18. The van der Waals surface area contributed by atoms with Crippen LogP contribution < -0.4 is 4.90 Å². The highest BCUT2D eigenvalue weighted by Crippen LogP contribution is 2.23. The predicted octanol–water partition coefficient (Wildman–Crippen LogP) is 1.87. The molecule has 0 bridgehead atoms. The molecule has 1 aliphatic heterocycles. The van der Waals surface area contributed by atoms with E-state index >= 15 is 0 Å². The van der Waals surface area contributed by atoms with Crippen molar-refractivity contribution in [2.45, 2.75) is 6.61 Å². The van der Waals surface area contributed by atoms with Gasteiger partial charge < -0.3 is 10.0 Å². The standard InChI is InChI=1S/C11H14FNOS/c12-10-7-9(8-14)1-2-11(10)13-3-5-15-6-4-13/h1-2,7,14H,3-6,8H2. The minimum absolute atomic E-state index is 0.104. The number of hydrogen-bond donors (Lipinski definition) is 1. The van der Waals surface area contributed by atoms with E-state index in [0.29, 0.717) is 11.3 Å². The Morgan fingerprint density at radius 1 is 1.33 bits per heavy atom. The molecule has 2 nitrogen and oxygen atoms in total. The Bertz CT molecular complexity index is 339. The Morgan fingerprint density at radius 3 is 2.67 bits per heavy atom. The maximum Gasteiger partial charge on any atom is 0.146 e. The van der Waals surface area contributed by atoms with Gasteiger partial charge in [-0.3, -0.25) is 0 Å². The summed E-state index contributed by atoms with van der Waals surface area (Å²) in [5.74, 6) is 1.89. The van der Waals surface area contributed by atoms with Gasteiger partial charge in [0, 0.05) is 24.6 Å². The number of thioether (sulfide) groups is 1. The highest BCUT2D eigenvalue weighted by molar-refractivity contribution is 7.99. The minimum Gasteiger partial charge on any atom is -0.392 e. The molecule has 0 atom stereocenters. The summed E-state index contributed by atoms with van der Waals surface area (Å²) in [5, 5.41) is 8.88. The summed E-state index contributed by atoms with van der Waals surface area (Å²) in [6.45, 7) is 1.70. The molecule has 0 radical (unpaired) electrons. The fourth-order valence-corrected chi connectivity index (χ4v) is 2.61. The number of nitrogens with zero attached hydrogens (tertiary/aromatic N) is 1. The van der Waals surface area contributed by atoms with E-state index in [-0.39, 0.29) is 12.4 Å². The summed E-state index contributed by atoms with van der Waals surface area (Å²) in [7, 11) is 0. The topological polar surface area (TPSA) is 23.5 Å². The lowest BCUT2D eigenvalue weighted by Crippen LogP contribution is -2.33. The lowest BCUT2D eigenvalue weighted by molar-refractivity contribution is 0.281. The molecule has 1 saturated heterocycles. The van der Waals surface area contributed by atoms with Gasteiger partial charge in [0.1, 0.15) is 5.82 Å². The Hall–Kier alpha value is -0.740. The minimum atomic E-state index is -0.228. The van der Waals surface area contributed by atoms with Gasteiger partial charge in [-0.25, -0.2) is 4.39 Å². The monoisotopic (exact) mass is 227 g/mol. The van der Waals surface area contributed by atoms with Crippen LogP contribution in [0, 0.1) is 5.82 Å². The van der Waals surface area contributed by atoms with Crippen molar-refractivity contribution >= 4 is 17.4 Å². The first-order valence-electron chi connectivity index (χ1n) is 5.03. The zero-order valence-corrected chi connectivity index (χ0v) is 9.26. The molecule has 0 aromatic heterocycles. The van der Waals surface area contributed by atoms with Gasteiger partial charge in [-0.05, 0) is 17.7 Å². The van der Waals surface area contributed by atoms with Gasteiger partial charge in [-0.1, -0.05) is 6.07 Å². The second-order valence-corrected chi connectivity index (χ2v) is 4.77. The fraction of sp³-hybridized carbons (Fsp3) is 0.455. The van der Waals surface area contributed by atoms with E-state index in [2.05, 4.69) is 4.90 Å². The van der Waals surface area contributed by atoms with Crippen molar-refractivity contribution in [3.05, 3.63) is 29.6 Å². The maximum atomic E-state index is 13.7. The molecule has 0 saturated carbocycles. The number of hydrogen-bond acceptors (Lipinski definition) is 3. The molecule has 82 valence electrons. The Kier molecular flexibility index (Phi) is 3.49. The summed E-state index contributed by atoms with van der Waals surface area (Å²) < 4.78 is 13.7. The van der Waals surface area contributed by atoms with E-state index in [1.807, 2.05) is 11.8 Å². The average Bonchev–Trinajstić information content (AvgIpc) is 2.30. The second kappa shape index (κ2) is 4.86. The van der Waals surface area contributed by atoms with Crippen molar-refractivity contribution in [3.8, 4) is 0 Å². The SMILES string of the molecule is OCc1ccc(N2CCSCC2)c(F)c1. The van der Waals surface area contributed by atoms with Crippen molar-refractivity contribution in [3.63, 3.8) is 0 Å². The van der Waals surface area contributed by atoms with E-state index in [1.165, 1.54) is 6.07 Å². The maximum absolute atomic E-state index is 13.7. The molecule has 0 aliphatic carbocycles. The first-order chi connectivity index (χ1) is 7.31. The molecule has 0 amide bonds. The van der Waals surface area contributed by atoms with E-state index in [0.717, 1.165) is 24.6 Å². The van der Waals surface area contributed by atoms with Crippen LogP contribution in [0.5, 0.6) is 0 Å². The largest absolute Gasteiger partial charge is 0.392 e.